The summed E-state index contributed by atoms with van der Waals surface area (Å²) in [6.07, 6.45) is -1.56. The molecule has 0 aliphatic rings. The highest BCUT2D eigenvalue weighted by Crippen LogP contribution is 2.19. The number of methoxy groups -OCH3 is 2. The highest BCUT2D eigenvalue weighted by molar-refractivity contribution is 6.09. The van der Waals surface area contributed by atoms with Crippen molar-refractivity contribution in [3.8, 4) is 0 Å². The first-order chi connectivity index (χ1) is 16.6. The lowest BCUT2D eigenvalue weighted by Gasteiger charge is -2.35. The first-order valence-electron chi connectivity index (χ1n) is 11.2. The molecule has 0 saturated heterocycles. The molecule has 0 radical (unpaired) electrons. The molecule has 4 amide bonds. The standard InChI is InChI=1S/C12H22N2O5.C11H20N2O5/c1-11(2,3)19-10(17)14(6)12(4,8(15)13-5)9(16)18-7;1-11(2,3)18-10(16)13(5)7(8(14)12-4)9(15)17-6/h1-7H3,(H,13,15);7H,1-6H3,(H,12,14). The van der Waals surface area contributed by atoms with Crippen LogP contribution in [0.4, 0.5) is 9.59 Å². The summed E-state index contributed by atoms with van der Waals surface area (Å²) < 4.78 is 19.3. The zero-order chi connectivity index (χ0) is 29.9. The minimum absolute atomic E-state index is 0.643. The second-order valence-electron chi connectivity index (χ2n) is 9.81. The van der Waals surface area contributed by atoms with E-state index in [1.54, 1.807) is 41.5 Å². The molecule has 14 nitrogen and oxygen atoms in total. The fourth-order valence-electron chi connectivity index (χ4n) is 2.47. The topological polar surface area (TPSA) is 170 Å². The molecule has 14 heteroatoms. The quantitative estimate of drug-likeness (QED) is 0.280. The van der Waals surface area contributed by atoms with E-state index in [2.05, 4.69) is 20.1 Å². The Hall–Kier alpha value is -3.58. The molecule has 0 spiro atoms. The van der Waals surface area contributed by atoms with Crippen LogP contribution < -0.4 is 10.6 Å². The number of rotatable bonds is 6. The van der Waals surface area contributed by atoms with E-state index in [0.29, 0.717) is 0 Å². The van der Waals surface area contributed by atoms with Gasteiger partial charge >= 0.3 is 24.1 Å². The smallest absolute Gasteiger partial charge is 0.411 e. The molecule has 0 aromatic rings. The van der Waals surface area contributed by atoms with Crippen LogP contribution in [0.1, 0.15) is 48.5 Å². The Labute approximate surface area is 218 Å². The molecule has 2 atom stereocenters. The van der Waals surface area contributed by atoms with Crippen molar-refractivity contribution < 1.29 is 47.7 Å². The molecule has 0 aromatic heterocycles. The highest BCUT2D eigenvalue weighted by Gasteiger charge is 2.49. The fourth-order valence-corrected chi connectivity index (χ4v) is 2.47. The van der Waals surface area contributed by atoms with Gasteiger partial charge in [0.15, 0.2) is 0 Å². The number of nitrogens with zero attached hydrogens (tertiary/aromatic N) is 2. The van der Waals surface area contributed by atoms with E-state index in [1.165, 1.54) is 35.1 Å². The summed E-state index contributed by atoms with van der Waals surface area (Å²) in [5.41, 5.74) is -3.23. The maximum absolute atomic E-state index is 12.0. The Kier molecular flexibility index (Phi) is 13.7. The van der Waals surface area contributed by atoms with Crippen molar-refractivity contribution in [2.45, 2.75) is 71.2 Å². The maximum atomic E-state index is 12.0. The van der Waals surface area contributed by atoms with Crippen LogP contribution in [0, 0.1) is 0 Å². The summed E-state index contributed by atoms with van der Waals surface area (Å²) in [5.74, 6) is -2.98. The summed E-state index contributed by atoms with van der Waals surface area (Å²) in [5, 5.41) is 4.62. The molecule has 0 heterocycles. The summed E-state index contributed by atoms with van der Waals surface area (Å²) in [4.78, 5) is 72.3. The van der Waals surface area contributed by atoms with Crippen molar-refractivity contribution in [1.82, 2.24) is 20.4 Å². The molecule has 0 saturated carbocycles. The summed E-state index contributed by atoms with van der Waals surface area (Å²) >= 11 is 0. The minimum atomic E-state index is -1.79. The predicted molar refractivity (Wildman–Crippen MR) is 132 cm³/mol. The summed E-state index contributed by atoms with van der Waals surface area (Å²) in [6.45, 7) is 11.4. The van der Waals surface area contributed by atoms with Crippen LogP contribution in [0.5, 0.6) is 0 Å². The van der Waals surface area contributed by atoms with Gasteiger partial charge in [0.1, 0.15) is 11.2 Å². The van der Waals surface area contributed by atoms with E-state index >= 15 is 0 Å². The monoisotopic (exact) mass is 534 g/mol. The van der Waals surface area contributed by atoms with E-state index < -0.39 is 58.7 Å². The molecule has 0 bridgehead atoms. The molecule has 0 fully saturated rings. The Balaban J connectivity index is 0. The van der Waals surface area contributed by atoms with Crippen molar-refractivity contribution in [3.05, 3.63) is 0 Å². The average Bonchev–Trinajstić information content (AvgIpc) is 2.79. The maximum Gasteiger partial charge on any atom is 0.411 e. The molecular weight excluding hydrogens is 492 g/mol. The Morgan fingerprint density at radius 3 is 1.46 bits per heavy atom. The van der Waals surface area contributed by atoms with Gasteiger partial charge in [-0.2, -0.15) is 0 Å². The second kappa shape index (κ2) is 14.2. The van der Waals surface area contributed by atoms with Crippen molar-refractivity contribution in [2.24, 2.45) is 0 Å². The van der Waals surface area contributed by atoms with Crippen LogP contribution in [-0.2, 0) is 38.1 Å². The predicted octanol–water partition coefficient (Wildman–Crippen LogP) is 0.672. The first-order valence-corrected chi connectivity index (χ1v) is 11.2. The number of ether oxygens (including phenoxy) is 4. The van der Waals surface area contributed by atoms with Gasteiger partial charge in [-0.1, -0.05) is 0 Å². The molecule has 0 aliphatic heterocycles. The third kappa shape index (κ3) is 10.9. The van der Waals surface area contributed by atoms with E-state index in [9.17, 15) is 28.8 Å². The van der Waals surface area contributed by atoms with Crippen molar-refractivity contribution in [3.63, 3.8) is 0 Å². The molecule has 0 aromatic carbocycles. The summed E-state index contributed by atoms with van der Waals surface area (Å²) in [6, 6.07) is -1.37. The van der Waals surface area contributed by atoms with Crippen molar-refractivity contribution >= 4 is 35.9 Å². The lowest BCUT2D eigenvalue weighted by Crippen LogP contribution is -2.62. The lowest BCUT2D eigenvalue weighted by atomic mass is 10.00. The van der Waals surface area contributed by atoms with Gasteiger partial charge < -0.3 is 29.6 Å². The van der Waals surface area contributed by atoms with Crippen LogP contribution >= 0.6 is 0 Å². The van der Waals surface area contributed by atoms with Crippen LogP contribution in [0.25, 0.3) is 0 Å². The highest BCUT2D eigenvalue weighted by atomic mass is 16.6. The second-order valence-corrected chi connectivity index (χ2v) is 9.81. The third-order valence-corrected chi connectivity index (χ3v) is 4.58. The van der Waals surface area contributed by atoms with Crippen LogP contribution in [0.3, 0.4) is 0 Å². The summed E-state index contributed by atoms with van der Waals surface area (Å²) in [7, 11) is 7.62. The van der Waals surface area contributed by atoms with Gasteiger partial charge in [-0.3, -0.25) is 19.4 Å². The number of hydrogen-bond acceptors (Lipinski definition) is 10. The van der Waals surface area contributed by atoms with Gasteiger partial charge in [-0.15, -0.1) is 0 Å². The van der Waals surface area contributed by atoms with E-state index in [0.717, 1.165) is 24.0 Å². The minimum Gasteiger partial charge on any atom is -0.467 e. The van der Waals surface area contributed by atoms with Crippen molar-refractivity contribution in [2.75, 3.05) is 42.4 Å². The molecule has 0 rings (SSSR count). The SMILES string of the molecule is CNC(=O)C(C(=O)OC)N(C)C(=O)OC(C)(C)C.CNC(=O)C(C)(C(=O)OC)N(C)C(=O)OC(C)(C)C. The zero-order valence-corrected chi connectivity index (χ0v) is 24.1. The Bertz CT molecular complexity index is 813. The van der Waals surface area contributed by atoms with Crippen LogP contribution in [-0.4, -0.2) is 111 Å². The third-order valence-electron chi connectivity index (χ3n) is 4.58. The van der Waals surface area contributed by atoms with Crippen LogP contribution in [0.2, 0.25) is 0 Å². The van der Waals surface area contributed by atoms with Crippen LogP contribution in [0.15, 0.2) is 0 Å². The van der Waals surface area contributed by atoms with E-state index in [4.69, 9.17) is 9.47 Å². The first kappa shape index (κ1) is 35.6. The molecule has 2 unspecified atom stereocenters. The number of carbonyl (C=O) groups is 6. The fraction of sp³-hybridized carbons (Fsp3) is 0.739. The van der Waals surface area contributed by atoms with E-state index in [-0.39, 0.29) is 0 Å². The largest absolute Gasteiger partial charge is 0.467 e. The number of likely N-dealkylation sites (N-methyl/N-ethyl adjacent to an activating group) is 4. The van der Waals surface area contributed by atoms with E-state index in [1.807, 2.05) is 0 Å². The Morgan fingerprint density at radius 1 is 0.703 bits per heavy atom. The molecule has 2 N–H and O–H groups in total. The van der Waals surface area contributed by atoms with Gasteiger partial charge in [-0.25, -0.2) is 19.2 Å². The number of carbonyl (C=O) groups excluding carboxylic acids is 6. The molecule has 37 heavy (non-hydrogen) atoms. The van der Waals surface area contributed by atoms with Gasteiger partial charge in [0.25, 0.3) is 11.8 Å². The van der Waals surface area contributed by atoms with Gasteiger partial charge in [0, 0.05) is 28.2 Å². The Morgan fingerprint density at radius 2 is 1.14 bits per heavy atom. The van der Waals surface area contributed by atoms with Crippen molar-refractivity contribution in [1.29, 1.82) is 0 Å². The molecule has 214 valence electrons. The number of esters is 2. The average molecular weight is 535 g/mol. The zero-order valence-electron chi connectivity index (χ0n) is 24.1. The lowest BCUT2D eigenvalue weighted by molar-refractivity contribution is -0.159. The normalized spacial score (nSPS) is 13.2. The van der Waals surface area contributed by atoms with Gasteiger partial charge in [-0.05, 0) is 48.5 Å². The molecular formula is C23H42N4O10. The number of nitrogens with one attached hydrogen (secondary N) is 2. The van der Waals surface area contributed by atoms with Gasteiger partial charge in [0.05, 0.1) is 14.2 Å². The number of hydrogen-bond donors (Lipinski definition) is 2. The number of amides is 4. The van der Waals surface area contributed by atoms with Gasteiger partial charge in [0.2, 0.25) is 11.6 Å². The molecule has 0 aliphatic carbocycles.